The quantitative estimate of drug-likeness (QED) is 0.409. The average Bonchev–Trinajstić information content (AvgIpc) is 3.01. The van der Waals surface area contributed by atoms with Crippen molar-refractivity contribution < 1.29 is 9.53 Å². The van der Waals surface area contributed by atoms with E-state index in [-0.39, 0.29) is 5.97 Å². The van der Waals surface area contributed by atoms with Crippen LogP contribution in [0, 0.1) is 0 Å². The van der Waals surface area contributed by atoms with Gasteiger partial charge in [0.05, 0.1) is 12.7 Å². The van der Waals surface area contributed by atoms with Gasteiger partial charge in [-0.1, -0.05) is 30.3 Å². The molecule has 1 aromatic carbocycles. The van der Waals surface area contributed by atoms with Crippen LogP contribution in [0.1, 0.15) is 27.2 Å². The minimum atomic E-state index is -0.363. The number of hydrogen-bond acceptors (Lipinski definition) is 5. The molecule has 1 aromatic heterocycles. The normalized spacial score (nSPS) is 10.6. The van der Waals surface area contributed by atoms with Crippen molar-refractivity contribution in [3.63, 3.8) is 0 Å². The largest absolute Gasteiger partial charge is 0.465 e. The minimum absolute atomic E-state index is 0.363. The Labute approximate surface area is 164 Å². The number of carbonyl (C=O) groups is 1. The number of rotatable bonds is 8. The molecular formula is C19H25N3O2S2. The van der Waals surface area contributed by atoms with Crippen LogP contribution in [0.25, 0.3) is 0 Å². The lowest BCUT2D eigenvalue weighted by Crippen LogP contribution is -2.31. The molecule has 0 saturated carbocycles. The lowest BCUT2D eigenvalue weighted by molar-refractivity contribution is 0.0602. The summed E-state index contributed by atoms with van der Waals surface area (Å²) >= 11 is 6.88. The van der Waals surface area contributed by atoms with Crippen LogP contribution in [-0.2, 0) is 11.2 Å². The first-order chi connectivity index (χ1) is 12.5. The summed E-state index contributed by atoms with van der Waals surface area (Å²) in [4.78, 5) is 15.3. The van der Waals surface area contributed by atoms with E-state index < -0.39 is 0 Å². The van der Waals surface area contributed by atoms with E-state index in [1.165, 1.54) is 24.0 Å². The molecule has 1 heterocycles. The van der Waals surface area contributed by atoms with Gasteiger partial charge in [-0.05, 0) is 50.9 Å². The smallest absolute Gasteiger partial charge is 0.340 e. The number of anilines is 1. The second-order valence-corrected chi connectivity index (χ2v) is 7.69. The Bertz CT molecular complexity index is 730. The van der Waals surface area contributed by atoms with Crippen LogP contribution < -0.4 is 10.6 Å². The molecule has 0 atom stereocenters. The Kier molecular flexibility index (Phi) is 8.03. The van der Waals surface area contributed by atoms with Crippen LogP contribution in [0.3, 0.4) is 0 Å². The molecule has 0 spiro atoms. The van der Waals surface area contributed by atoms with Crippen molar-refractivity contribution in [3.8, 4) is 0 Å². The summed E-state index contributed by atoms with van der Waals surface area (Å²) in [5, 5.41) is 7.55. The SMILES string of the molecule is COC(=O)c1cc(Cc2ccccc2)sc1NC(=S)NCCCN(C)C. The summed E-state index contributed by atoms with van der Waals surface area (Å²) in [6.45, 7) is 1.77. The first kappa shape index (κ1) is 20.4. The van der Waals surface area contributed by atoms with Gasteiger partial charge in [0, 0.05) is 17.8 Å². The number of nitrogens with zero attached hydrogens (tertiary/aromatic N) is 1. The van der Waals surface area contributed by atoms with E-state index in [0.29, 0.717) is 15.7 Å². The third kappa shape index (κ3) is 6.40. The molecule has 0 bridgehead atoms. The molecule has 140 valence electrons. The lowest BCUT2D eigenvalue weighted by Gasteiger charge is -2.12. The van der Waals surface area contributed by atoms with Gasteiger partial charge in [-0.2, -0.15) is 0 Å². The van der Waals surface area contributed by atoms with Crippen LogP contribution in [0.5, 0.6) is 0 Å². The Morgan fingerprint density at radius 2 is 2.00 bits per heavy atom. The van der Waals surface area contributed by atoms with Gasteiger partial charge >= 0.3 is 5.97 Å². The van der Waals surface area contributed by atoms with Crippen molar-refractivity contribution >= 4 is 39.6 Å². The fraction of sp³-hybridized carbons (Fsp3) is 0.368. The molecular weight excluding hydrogens is 366 g/mol. The molecule has 0 saturated heterocycles. The maximum Gasteiger partial charge on any atom is 0.340 e. The molecule has 0 unspecified atom stereocenters. The Morgan fingerprint density at radius 3 is 2.65 bits per heavy atom. The number of methoxy groups -OCH3 is 1. The number of nitrogens with one attached hydrogen (secondary N) is 2. The Morgan fingerprint density at radius 1 is 1.27 bits per heavy atom. The van der Waals surface area contributed by atoms with Crippen molar-refractivity contribution in [1.29, 1.82) is 0 Å². The maximum atomic E-state index is 12.1. The summed E-state index contributed by atoms with van der Waals surface area (Å²) in [5.74, 6) is -0.363. The second-order valence-electron chi connectivity index (χ2n) is 6.15. The van der Waals surface area contributed by atoms with Crippen LogP contribution in [0.15, 0.2) is 36.4 Å². The molecule has 0 radical (unpaired) electrons. The lowest BCUT2D eigenvalue weighted by atomic mass is 10.1. The molecule has 5 nitrogen and oxygen atoms in total. The average molecular weight is 392 g/mol. The number of benzene rings is 1. The number of thiophene rings is 1. The van der Waals surface area contributed by atoms with E-state index in [1.807, 2.05) is 38.4 Å². The van der Waals surface area contributed by atoms with Gasteiger partial charge in [0.2, 0.25) is 0 Å². The van der Waals surface area contributed by atoms with Gasteiger partial charge in [0.25, 0.3) is 0 Å². The molecule has 2 rings (SSSR count). The van der Waals surface area contributed by atoms with Crippen molar-refractivity contribution in [3.05, 3.63) is 52.4 Å². The first-order valence-electron chi connectivity index (χ1n) is 8.44. The third-order valence-corrected chi connectivity index (χ3v) is 5.00. The number of ether oxygens (including phenoxy) is 1. The fourth-order valence-corrected chi connectivity index (χ4v) is 3.78. The molecule has 0 fully saturated rings. The predicted molar refractivity (Wildman–Crippen MR) is 112 cm³/mol. The zero-order chi connectivity index (χ0) is 18.9. The summed E-state index contributed by atoms with van der Waals surface area (Å²) in [7, 11) is 5.47. The second kappa shape index (κ2) is 10.3. The zero-order valence-corrected chi connectivity index (χ0v) is 17.0. The minimum Gasteiger partial charge on any atom is -0.465 e. The fourth-order valence-electron chi connectivity index (χ4n) is 2.43. The van der Waals surface area contributed by atoms with E-state index >= 15 is 0 Å². The van der Waals surface area contributed by atoms with Gasteiger partial charge in [-0.15, -0.1) is 11.3 Å². The van der Waals surface area contributed by atoms with E-state index in [1.54, 1.807) is 0 Å². The van der Waals surface area contributed by atoms with Gasteiger partial charge in [-0.3, -0.25) is 0 Å². The molecule has 0 aliphatic heterocycles. The highest BCUT2D eigenvalue weighted by Crippen LogP contribution is 2.30. The van der Waals surface area contributed by atoms with Crippen molar-refractivity contribution in [2.45, 2.75) is 12.8 Å². The summed E-state index contributed by atoms with van der Waals surface area (Å²) in [5.41, 5.74) is 1.71. The van der Waals surface area contributed by atoms with Gasteiger partial charge in [0.15, 0.2) is 5.11 Å². The number of hydrogen-bond donors (Lipinski definition) is 2. The molecule has 0 amide bonds. The van der Waals surface area contributed by atoms with E-state index in [2.05, 4.69) is 27.7 Å². The Hall–Kier alpha value is -1.96. The predicted octanol–water partition coefficient (Wildman–Crippen LogP) is 3.36. The van der Waals surface area contributed by atoms with Crippen LogP contribution in [0.4, 0.5) is 5.00 Å². The highest BCUT2D eigenvalue weighted by atomic mass is 32.1. The standard InChI is InChI=1S/C19H25N3O2S2/c1-22(2)11-7-10-20-19(25)21-17-16(18(23)24-3)13-15(26-17)12-14-8-5-4-6-9-14/h4-6,8-9,13H,7,10-12H2,1-3H3,(H2,20,21,25). The monoisotopic (exact) mass is 391 g/mol. The molecule has 2 aromatic rings. The van der Waals surface area contributed by atoms with Crippen molar-refractivity contribution in [2.75, 3.05) is 39.6 Å². The van der Waals surface area contributed by atoms with Gasteiger partial charge in [0.1, 0.15) is 5.00 Å². The Balaban J connectivity index is 2.03. The third-order valence-electron chi connectivity index (χ3n) is 3.70. The topological polar surface area (TPSA) is 53.6 Å². The van der Waals surface area contributed by atoms with E-state index in [0.717, 1.165) is 30.8 Å². The molecule has 0 aliphatic carbocycles. The van der Waals surface area contributed by atoms with E-state index in [4.69, 9.17) is 17.0 Å². The molecule has 26 heavy (non-hydrogen) atoms. The molecule has 0 aliphatic rings. The summed E-state index contributed by atoms with van der Waals surface area (Å²) < 4.78 is 4.91. The number of esters is 1. The highest BCUT2D eigenvalue weighted by Gasteiger charge is 2.17. The first-order valence-corrected chi connectivity index (χ1v) is 9.66. The van der Waals surface area contributed by atoms with E-state index in [9.17, 15) is 4.79 Å². The molecule has 2 N–H and O–H groups in total. The maximum absolute atomic E-state index is 12.1. The van der Waals surface area contributed by atoms with Gasteiger partial charge in [-0.25, -0.2) is 4.79 Å². The number of carbonyl (C=O) groups excluding carboxylic acids is 1. The van der Waals surface area contributed by atoms with Gasteiger partial charge < -0.3 is 20.3 Å². The van der Waals surface area contributed by atoms with Crippen molar-refractivity contribution in [2.24, 2.45) is 0 Å². The van der Waals surface area contributed by atoms with Crippen LogP contribution in [-0.4, -0.2) is 50.3 Å². The number of thiocarbonyl (C=S) groups is 1. The van der Waals surface area contributed by atoms with Crippen LogP contribution >= 0.6 is 23.6 Å². The van der Waals surface area contributed by atoms with Crippen molar-refractivity contribution in [1.82, 2.24) is 10.2 Å². The summed E-state index contributed by atoms with van der Waals surface area (Å²) in [6.07, 6.45) is 1.75. The van der Waals surface area contributed by atoms with Crippen LogP contribution in [0.2, 0.25) is 0 Å². The molecule has 7 heteroatoms. The highest BCUT2D eigenvalue weighted by molar-refractivity contribution is 7.80. The zero-order valence-electron chi connectivity index (χ0n) is 15.4. The summed E-state index contributed by atoms with van der Waals surface area (Å²) in [6, 6.07) is 12.0.